The maximum absolute atomic E-state index is 12.5. The van der Waals surface area contributed by atoms with E-state index in [0.717, 1.165) is 16.5 Å². The average Bonchev–Trinajstić information content (AvgIpc) is 3.00. The van der Waals surface area contributed by atoms with Gasteiger partial charge in [-0.1, -0.05) is 48.5 Å². The van der Waals surface area contributed by atoms with Gasteiger partial charge in [0.2, 0.25) is 0 Å². The van der Waals surface area contributed by atoms with Gasteiger partial charge in [-0.15, -0.1) is 0 Å². The minimum absolute atomic E-state index is 0.0215. The molecule has 4 rings (SSSR count). The highest BCUT2D eigenvalue weighted by atomic mass is 16.5. The van der Waals surface area contributed by atoms with E-state index in [1.165, 1.54) is 0 Å². The molecule has 5 heteroatoms. The van der Waals surface area contributed by atoms with Gasteiger partial charge in [-0.05, 0) is 18.6 Å². The molecule has 0 atom stereocenters. The first kappa shape index (κ1) is 17.0. The highest BCUT2D eigenvalue weighted by Gasteiger charge is 2.21. The molecule has 4 aromatic rings. The van der Waals surface area contributed by atoms with Gasteiger partial charge in [0.15, 0.2) is 11.5 Å². The Labute approximate surface area is 156 Å². The van der Waals surface area contributed by atoms with E-state index in [2.05, 4.69) is 0 Å². The van der Waals surface area contributed by atoms with Crippen LogP contribution >= 0.6 is 0 Å². The molecule has 0 spiro atoms. The van der Waals surface area contributed by atoms with Crippen LogP contribution in [0.4, 0.5) is 0 Å². The van der Waals surface area contributed by atoms with Crippen molar-refractivity contribution in [1.29, 1.82) is 0 Å². The molecule has 0 bridgehead atoms. The van der Waals surface area contributed by atoms with Crippen LogP contribution in [-0.2, 0) is 11.3 Å². The molecular formula is C22H19NO4. The number of aromatic hydroxyl groups is 1. The van der Waals surface area contributed by atoms with Crippen LogP contribution < -0.4 is 4.74 Å². The summed E-state index contributed by atoms with van der Waals surface area (Å²) in [6, 6.07) is 18.8. The average molecular weight is 361 g/mol. The van der Waals surface area contributed by atoms with Crippen molar-refractivity contribution in [2.45, 2.75) is 13.5 Å². The first-order valence-corrected chi connectivity index (χ1v) is 8.78. The fraction of sp³-hybridized carbons (Fsp3) is 0.136. The minimum Gasteiger partial charge on any atom is -0.504 e. The van der Waals surface area contributed by atoms with Crippen LogP contribution in [0.2, 0.25) is 0 Å². The summed E-state index contributed by atoms with van der Waals surface area (Å²) in [5.74, 6) is -0.0807. The van der Waals surface area contributed by atoms with Crippen LogP contribution in [0.1, 0.15) is 22.8 Å². The molecule has 2 heterocycles. The number of nitrogens with zero attached hydrogens (tertiary/aromatic N) is 1. The summed E-state index contributed by atoms with van der Waals surface area (Å²) in [6.45, 7) is 2.39. The summed E-state index contributed by atoms with van der Waals surface area (Å²) in [4.78, 5) is 12.5. The van der Waals surface area contributed by atoms with Crippen LogP contribution in [0.3, 0.4) is 0 Å². The summed E-state index contributed by atoms with van der Waals surface area (Å²) in [6.07, 6.45) is 1.71. The smallest absolute Gasteiger partial charge is 0.340 e. The van der Waals surface area contributed by atoms with Gasteiger partial charge in [0.25, 0.3) is 0 Å². The zero-order chi connectivity index (χ0) is 18.8. The molecule has 0 aliphatic heterocycles. The third kappa shape index (κ3) is 3.08. The first-order valence-electron chi connectivity index (χ1n) is 8.78. The van der Waals surface area contributed by atoms with Crippen molar-refractivity contribution in [3.05, 3.63) is 78.0 Å². The van der Waals surface area contributed by atoms with Crippen LogP contribution in [0, 0.1) is 0 Å². The second kappa shape index (κ2) is 7.03. The van der Waals surface area contributed by atoms with Crippen molar-refractivity contribution in [2.75, 3.05) is 6.61 Å². The second-order valence-corrected chi connectivity index (χ2v) is 6.17. The van der Waals surface area contributed by atoms with Gasteiger partial charge in [-0.2, -0.15) is 0 Å². The number of rotatable bonds is 5. The van der Waals surface area contributed by atoms with E-state index in [4.69, 9.17) is 9.47 Å². The van der Waals surface area contributed by atoms with Crippen molar-refractivity contribution in [3.8, 4) is 11.5 Å². The van der Waals surface area contributed by atoms with Crippen molar-refractivity contribution in [1.82, 2.24) is 4.40 Å². The van der Waals surface area contributed by atoms with Gasteiger partial charge < -0.3 is 19.0 Å². The Morgan fingerprint density at radius 2 is 1.78 bits per heavy atom. The molecule has 2 aromatic carbocycles. The lowest BCUT2D eigenvalue weighted by molar-refractivity contribution is 0.0531. The van der Waals surface area contributed by atoms with Gasteiger partial charge in [0.05, 0.1) is 29.4 Å². The van der Waals surface area contributed by atoms with E-state index in [0.29, 0.717) is 23.4 Å². The van der Waals surface area contributed by atoms with E-state index in [1.807, 2.05) is 59.0 Å². The van der Waals surface area contributed by atoms with E-state index in [9.17, 15) is 9.90 Å². The standard InChI is InChI=1S/C22H19NO4/c1-2-26-22(25)21-16-10-6-7-11-17(16)23-13-20(19(24)12-18(21)23)27-14-15-8-4-3-5-9-15/h3-13,24H,2,14H2,1H3. The first-order chi connectivity index (χ1) is 13.2. The maximum Gasteiger partial charge on any atom is 0.340 e. The number of hydrogen-bond acceptors (Lipinski definition) is 4. The Kier molecular flexibility index (Phi) is 4.42. The van der Waals surface area contributed by atoms with Gasteiger partial charge in [0, 0.05) is 11.5 Å². The van der Waals surface area contributed by atoms with Crippen molar-refractivity contribution < 1.29 is 19.4 Å². The van der Waals surface area contributed by atoms with E-state index >= 15 is 0 Å². The highest BCUT2D eigenvalue weighted by Crippen LogP contribution is 2.35. The summed E-state index contributed by atoms with van der Waals surface area (Å²) in [5, 5.41) is 11.2. The number of carbonyl (C=O) groups is 1. The monoisotopic (exact) mass is 361 g/mol. The molecule has 0 fully saturated rings. The number of ether oxygens (including phenoxy) is 2. The number of pyridine rings is 1. The lowest BCUT2D eigenvalue weighted by Crippen LogP contribution is -2.04. The zero-order valence-corrected chi connectivity index (χ0v) is 14.9. The molecule has 0 aliphatic rings. The van der Waals surface area contributed by atoms with Crippen LogP contribution in [0.5, 0.6) is 11.5 Å². The Morgan fingerprint density at radius 1 is 1.04 bits per heavy atom. The third-order valence-electron chi connectivity index (χ3n) is 4.44. The lowest BCUT2D eigenvalue weighted by atomic mass is 10.1. The normalized spacial score (nSPS) is 11.0. The number of esters is 1. The molecule has 2 aromatic heterocycles. The highest BCUT2D eigenvalue weighted by molar-refractivity contribution is 6.12. The van der Waals surface area contributed by atoms with Gasteiger partial charge in [-0.25, -0.2) is 4.79 Å². The zero-order valence-electron chi connectivity index (χ0n) is 14.9. The molecule has 0 aliphatic carbocycles. The molecule has 27 heavy (non-hydrogen) atoms. The fourth-order valence-electron chi connectivity index (χ4n) is 3.21. The molecular weight excluding hydrogens is 342 g/mol. The number of hydrogen-bond donors (Lipinski definition) is 1. The number of fused-ring (bicyclic) bond motifs is 3. The second-order valence-electron chi connectivity index (χ2n) is 6.17. The minimum atomic E-state index is -0.409. The van der Waals surface area contributed by atoms with Gasteiger partial charge in [0.1, 0.15) is 6.61 Å². The summed E-state index contributed by atoms with van der Waals surface area (Å²) in [7, 11) is 0. The molecule has 0 radical (unpaired) electrons. The van der Waals surface area contributed by atoms with E-state index < -0.39 is 5.97 Å². The predicted octanol–water partition coefficient (Wildman–Crippen LogP) is 4.55. The number of carbonyl (C=O) groups excluding carboxylic acids is 1. The Bertz CT molecular complexity index is 1120. The molecule has 0 saturated carbocycles. The Balaban J connectivity index is 1.82. The van der Waals surface area contributed by atoms with Crippen LogP contribution in [-0.4, -0.2) is 22.1 Å². The topological polar surface area (TPSA) is 60.2 Å². The van der Waals surface area contributed by atoms with Crippen molar-refractivity contribution in [2.24, 2.45) is 0 Å². The molecule has 1 N–H and O–H groups in total. The number of benzene rings is 2. The largest absolute Gasteiger partial charge is 0.504 e. The lowest BCUT2D eigenvalue weighted by Gasteiger charge is -2.10. The van der Waals surface area contributed by atoms with Crippen LogP contribution in [0.25, 0.3) is 16.4 Å². The van der Waals surface area contributed by atoms with E-state index in [1.54, 1.807) is 19.2 Å². The Morgan fingerprint density at radius 3 is 2.56 bits per heavy atom. The summed E-state index contributed by atoms with van der Waals surface area (Å²) >= 11 is 0. The number of aromatic nitrogens is 1. The van der Waals surface area contributed by atoms with Crippen molar-refractivity contribution in [3.63, 3.8) is 0 Å². The summed E-state index contributed by atoms with van der Waals surface area (Å²) < 4.78 is 12.9. The quantitative estimate of drug-likeness (QED) is 0.530. The Hall–Kier alpha value is -3.47. The molecule has 0 amide bonds. The van der Waals surface area contributed by atoms with E-state index in [-0.39, 0.29) is 12.4 Å². The predicted molar refractivity (Wildman–Crippen MR) is 103 cm³/mol. The molecule has 136 valence electrons. The third-order valence-corrected chi connectivity index (χ3v) is 4.44. The summed E-state index contributed by atoms with van der Waals surface area (Å²) in [5.41, 5.74) is 2.87. The molecule has 0 unspecified atom stereocenters. The van der Waals surface area contributed by atoms with Gasteiger partial charge >= 0.3 is 5.97 Å². The molecule has 5 nitrogen and oxygen atoms in total. The van der Waals surface area contributed by atoms with Gasteiger partial charge in [-0.3, -0.25) is 0 Å². The molecule has 0 saturated heterocycles. The van der Waals surface area contributed by atoms with Crippen LogP contribution in [0.15, 0.2) is 66.9 Å². The fourth-order valence-corrected chi connectivity index (χ4v) is 3.21. The number of para-hydroxylation sites is 1. The van der Waals surface area contributed by atoms with Crippen molar-refractivity contribution >= 4 is 22.4 Å². The maximum atomic E-state index is 12.5. The SMILES string of the molecule is CCOC(=O)c1c2ccccc2n2cc(OCc3ccccc3)c(O)cc12.